The number of methoxy groups -OCH3 is 1. The van der Waals surface area contributed by atoms with E-state index < -0.39 is 0 Å². The molecule has 1 aromatic carbocycles. The summed E-state index contributed by atoms with van der Waals surface area (Å²) >= 11 is 0. The summed E-state index contributed by atoms with van der Waals surface area (Å²) in [6.45, 7) is 18.4. The van der Waals surface area contributed by atoms with Gasteiger partial charge >= 0.3 is 0 Å². The van der Waals surface area contributed by atoms with Crippen LogP contribution in [0.4, 0.5) is 11.4 Å². The van der Waals surface area contributed by atoms with Crippen LogP contribution in [0, 0.1) is 16.7 Å². The molecule has 4 nitrogen and oxygen atoms in total. The molecule has 0 atom stereocenters. The van der Waals surface area contributed by atoms with Crippen LogP contribution in [0.5, 0.6) is 0 Å². The Labute approximate surface area is 209 Å². The van der Waals surface area contributed by atoms with Crippen molar-refractivity contribution in [2.45, 2.75) is 84.7 Å². The molecule has 0 amide bonds. The van der Waals surface area contributed by atoms with Crippen molar-refractivity contribution in [3.8, 4) is 0 Å². The van der Waals surface area contributed by atoms with Crippen molar-refractivity contribution in [3.63, 3.8) is 0 Å². The molecule has 2 saturated heterocycles. The third-order valence-corrected chi connectivity index (χ3v) is 9.07. The van der Waals surface area contributed by atoms with Gasteiger partial charge in [0.15, 0.2) is 0 Å². The van der Waals surface area contributed by atoms with Gasteiger partial charge in [0.05, 0.1) is 6.10 Å². The van der Waals surface area contributed by atoms with Crippen molar-refractivity contribution in [3.05, 3.63) is 23.8 Å². The minimum absolute atomic E-state index is 0.402. The van der Waals surface area contributed by atoms with Crippen LogP contribution in [0.3, 0.4) is 0 Å². The van der Waals surface area contributed by atoms with Gasteiger partial charge in [0, 0.05) is 64.3 Å². The maximum atomic E-state index is 5.64. The van der Waals surface area contributed by atoms with Crippen LogP contribution in [0.2, 0.25) is 0 Å². The van der Waals surface area contributed by atoms with Gasteiger partial charge in [0.2, 0.25) is 0 Å². The molecular weight excluding hydrogens is 418 g/mol. The van der Waals surface area contributed by atoms with E-state index in [0.717, 1.165) is 31.8 Å². The van der Waals surface area contributed by atoms with Gasteiger partial charge in [0.1, 0.15) is 0 Å². The topological polar surface area (TPSA) is 19.0 Å². The standard InChI is InChI=1S/C30H49N3O/c1-29(2)19-24(20-30(3,4)22-29)27-18-25(32-12-10-26(34-5)11-13-32)8-9-28(27)33-16-14-31(15-17-33)21-23-6-7-23/h8-9,18,23-24,26H,6-7,10-17,19-22H2,1-5H3. The first-order valence-corrected chi connectivity index (χ1v) is 14.1. The van der Waals surface area contributed by atoms with E-state index in [1.807, 2.05) is 7.11 Å². The van der Waals surface area contributed by atoms with Gasteiger partial charge in [-0.15, -0.1) is 0 Å². The van der Waals surface area contributed by atoms with Gasteiger partial charge < -0.3 is 14.5 Å². The lowest BCUT2D eigenvalue weighted by atomic mass is 9.60. The molecule has 0 N–H and O–H groups in total. The number of piperidine rings is 1. The van der Waals surface area contributed by atoms with E-state index in [9.17, 15) is 0 Å². The third-order valence-electron chi connectivity index (χ3n) is 9.07. The molecule has 0 bridgehead atoms. The Morgan fingerprint density at radius 3 is 2.06 bits per heavy atom. The second-order valence-corrected chi connectivity index (χ2v) is 13.5. The summed E-state index contributed by atoms with van der Waals surface area (Å²) in [7, 11) is 1.87. The van der Waals surface area contributed by atoms with Gasteiger partial charge in [0.25, 0.3) is 0 Å². The van der Waals surface area contributed by atoms with E-state index in [1.165, 1.54) is 76.2 Å². The minimum Gasteiger partial charge on any atom is -0.381 e. The van der Waals surface area contributed by atoms with Gasteiger partial charge in [-0.05, 0) is 91.4 Å². The van der Waals surface area contributed by atoms with Crippen molar-refractivity contribution in [2.24, 2.45) is 16.7 Å². The average Bonchev–Trinajstić information content (AvgIpc) is 3.61. The van der Waals surface area contributed by atoms with Crippen molar-refractivity contribution < 1.29 is 4.74 Å². The smallest absolute Gasteiger partial charge is 0.0605 e. The highest BCUT2D eigenvalue weighted by Gasteiger charge is 2.40. The van der Waals surface area contributed by atoms with Crippen LogP contribution in [0.1, 0.15) is 84.1 Å². The predicted molar refractivity (Wildman–Crippen MR) is 144 cm³/mol. The quantitative estimate of drug-likeness (QED) is 0.499. The number of rotatable bonds is 6. The zero-order chi connectivity index (χ0) is 23.9. The second-order valence-electron chi connectivity index (χ2n) is 13.5. The summed E-state index contributed by atoms with van der Waals surface area (Å²) in [5.74, 6) is 1.64. The van der Waals surface area contributed by atoms with E-state index in [0.29, 0.717) is 22.9 Å². The zero-order valence-electron chi connectivity index (χ0n) is 22.6. The predicted octanol–water partition coefficient (Wildman–Crippen LogP) is 6.15. The molecule has 34 heavy (non-hydrogen) atoms. The molecule has 4 fully saturated rings. The molecule has 0 aromatic heterocycles. The number of nitrogens with zero attached hydrogens (tertiary/aromatic N) is 3. The molecule has 2 saturated carbocycles. The average molecular weight is 468 g/mol. The fourth-order valence-corrected chi connectivity index (χ4v) is 7.61. The molecule has 4 heteroatoms. The largest absolute Gasteiger partial charge is 0.381 e. The number of benzene rings is 1. The van der Waals surface area contributed by atoms with Crippen LogP contribution >= 0.6 is 0 Å². The Hall–Kier alpha value is -1.26. The molecule has 190 valence electrons. The van der Waals surface area contributed by atoms with Crippen molar-refractivity contribution in [1.29, 1.82) is 0 Å². The summed E-state index contributed by atoms with van der Waals surface area (Å²) in [6.07, 6.45) is 9.57. The van der Waals surface area contributed by atoms with Crippen LogP contribution in [-0.2, 0) is 4.74 Å². The van der Waals surface area contributed by atoms with Gasteiger partial charge in [-0.1, -0.05) is 27.7 Å². The fraction of sp³-hybridized carbons (Fsp3) is 0.800. The van der Waals surface area contributed by atoms with Gasteiger partial charge in [-0.25, -0.2) is 0 Å². The first-order valence-electron chi connectivity index (χ1n) is 14.1. The molecule has 2 aliphatic carbocycles. The van der Waals surface area contributed by atoms with Gasteiger partial charge in [-0.3, -0.25) is 4.90 Å². The van der Waals surface area contributed by atoms with Crippen molar-refractivity contribution in [2.75, 3.05) is 62.7 Å². The Balaban J connectivity index is 1.40. The molecule has 2 aliphatic heterocycles. The molecule has 0 unspecified atom stereocenters. The van der Waals surface area contributed by atoms with Crippen LogP contribution < -0.4 is 9.80 Å². The highest BCUT2D eigenvalue weighted by molar-refractivity contribution is 5.64. The van der Waals surface area contributed by atoms with E-state index in [-0.39, 0.29) is 0 Å². The molecular formula is C30H49N3O. The molecule has 0 radical (unpaired) electrons. The van der Waals surface area contributed by atoms with E-state index in [4.69, 9.17) is 4.74 Å². The lowest BCUT2D eigenvalue weighted by Gasteiger charge is -2.46. The second kappa shape index (κ2) is 9.65. The van der Waals surface area contributed by atoms with Gasteiger partial charge in [-0.2, -0.15) is 0 Å². The lowest BCUT2D eigenvalue weighted by Crippen LogP contribution is -2.47. The monoisotopic (exact) mass is 467 g/mol. The summed E-state index contributed by atoms with van der Waals surface area (Å²) in [5.41, 5.74) is 5.39. The number of piperazine rings is 1. The van der Waals surface area contributed by atoms with E-state index in [2.05, 4.69) is 60.6 Å². The Bertz CT molecular complexity index is 813. The van der Waals surface area contributed by atoms with E-state index >= 15 is 0 Å². The SMILES string of the molecule is COC1CCN(c2ccc(N3CCN(CC4CC4)CC3)c(C3CC(C)(C)CC(C)(C)C3)c2)CC1. The number of ether oxygens (including phenoxy) is 1. The first kappa shape index (κ1) is 24.4. The minimum atomic E-state index is 0.402. The zero-order valence-corrected chi connectivity index (χ0v) is 22.6. The summed E-state index contributed by atoms with van der Waals surface area (Å²) in [4.78, 5) is 8.04. The fourth-order valence-electron chi connectivity index (χ4n) is 7.61. The maximum absolute atomic E-state index is 5.64. The molecule has 2 heterocycles. The Morgan fingerprint density at radius 1 is 0.824 bits per heavy atom. The summed E-state index contributed by atoms with van der Waals surface area (Å²) in [6, 6.07) is 7.50. The highest BCUT2D eigenvalue weighted by Crippen LogP contribution is 2.53. The maximum Gasteiger partial charge on any atom is 0.0605 e. The molecule has 5 rings (SSSR count). The number of hydrogen-bond donors (Lipinski definition) is 0. The summed E-state index contributed by atoms with van der Waals surface area (Å²) in [5, 5.41) is 0. The normalized spacial score (nSPS) is 26.7. The molecule has 1 aromatic rings. The van der Waals surface area contributed by atoms with Crippen molar-refractivity contribution in [1.82, 2.24) is 4.90 Å². The molecule has 4 aliphatic rings. The Morgan fingerprint density at radius 2 is 1.47 bits per heavy atom. The first-order chi connectivity index (χ1) is 16.2. The third kappa shape index (κ3) is 5.75. The number of anilines is 2. The molecule has 0 spiro atoms. The van der Waals surface area contributed by atoms with Crippen molar-refractivity contribution >= 4 is 11.4 Å². The lowest BCUT2D eigenvalue weighted by molar-refractivity contribution is 0.0819. The van der Waals surface area contributed by atoms with Crippen LogP contribution in [-0.4, -0.2) is 63.9 Å². The number of hydrogen-bond acceptors (Lipinski definition) is 4. The van der Waals surface area contributed by atoms with E-state index in [1.54, 1.807) is 5.56 Å². The van der Waals surface area contributed by atoms with Crippen LogP contribution in [0.15, 0.2) is 18.2 Å². The Kier molecular flexibility index (Phi) is 6.94. The highest BCUT2D eigenvalue weighted by atomic mass is 16.5. The van der Waals surface area contributed by atoms with Crippen LogP contribution in [0.25, 0.3) is 0 Å². The summed E-state index contributed by atoms with van der Waals surface area (Å²) < 4.78 is 5.64.